The molecule has 0 radical (unpaired) electrons. The summed E-state index contributed by atoms with van der Waals surface area (Å²) in [4.78, 5) is 4.41. The van der Waals surface area contributed by atoms with E-state index < -0.39 is 0 Å². The second kappa shape index (κ2) is 5.51. The molecule has 1 atom stereocenters. The molecule has 0 bridgehead atoms. The number of aryl methyl sites for hydroxylation is 1. The number of methoxy groups -OCH3 is 1. The van der Waals surface area contributed by atoms with Gasteiger partial charge in [-0.05, 0) is 13.8 Å². The minimum absolute atomic E-state index is 0.290. The number of hydrogen-bond acceptors (Lipinski definition) is 3. The molecule has 1 unspecified atom stereocenters. The Bertz CT molecular complexity index is 336. The van der Waals surface area contributed by atoms with Gasteiger partial charge < -0.3 is 10.1 Å². The van der Waals surface area contributed by atoms with Gasteiger partial charge >= 0.3 is 0 Å². The molecule has 0 amide bonds. The number of pyridine rings is 1. The molecule has 15 heavy (non-hydrogen) atoms. The quantitative estimate of drug-likeness (QED) is 0.749. The van der Waals surface area contributed by atoms with Gasteiger partial charge in [-0.15, -0.1) is 6.58 Å². The zero-order chi connectivity index (χ0) is 11.3. The lowest BCUT2D eigenvalue weighted by Gasteiger charge is -2.10. The van der Waals surface area contributed by atoms with Gasteiger partial charge in [0.1, 0.15) is 5.75 Å². The minimum atomic E-state index is 0.290. The molecule has 3 nitrogen and oxygen atoms in total. The van der Waals surface area contributed by atoms with E-state index in [-0.39, 0.29) is 0 Å². The maximum Gasteiger partial charge on any atom is 0.122 e. The smallest absolute Gasteiger partial charge is 0.122 e. The fourth-order valence-electron chi connectivity index (χ4n) is 1.26. The van der Waals surface area contributed by atoms with Crippen LogP contribution in [0.5, 0.6) is 5.75 Å². The molecule has 0 aliphatic heterocycles. The number of nitrogens with zero attached hydrogens (tertiary/aromatic N) is 1. The van der Waals surface area contributed by atoms with Crippen LogP contribution in [0.25, 0.3) is 0 Å². The van der Waals surface area contributed by atoms with Crippen molar-refractivity contribution >= 4 is 0 Å². The number of nitrogens with one attached hydrogen (secondary N) is 1. The van der Waals surface area contributed by atoms with Crippen molar-refractivity contribution in [3.63, 3.8) is 0 Å². The van der Waals surface area contributed by atoms with E-state index >= 15 is 0 Å². The van der Waals surface area contributed by atoms with Crippen LogP contribution < -0.4 is 10.1 Å². The standard InChI is InChI=1S/C12H18N2O/c1-5-9(2)13-8-11-7-12(15-4)6-10(3)14-11/h5-7,9,13H,1,8H2,2-4H3. The van der Waals surface area contributed by atoms with Crippen LogP contribution in [0.15, 0.2) is 24.8 Å². The molecule has 82 valence electrons. The zero-order valence-electron chi connectivity index (χ0n) is 9.58. The van der Waals surface area contributed by atoms with Crippen LogP contribution in [-0.2, 0) is 6.54 Å². The van der Waals surface area contributed by atoms with Crippen LogP contribution in [0.2, 0.25) is 0 Å². The van der Waals surface area contributed by atoms with E-state index in [1.165, 1.54) is 0 Å². The molecule has 1 aromatic heterocycles. The highest BCUT2D eigenvalue weighted by Crippen LogP contribution is 2.13. The molecule has 0 saturated heterocycles. The maximum atomic E-state index is 5.18. The van der Waals surface area contributed by atoms with Crippen LogP contribution in [0, 0.1) is 6.92 Å². The molecule has 0 saturated carbocycles. The lowest BCUT2D eigenvalue weighted by molar-refractivity contribution is 0.412. The first-order valence-electron chi connectivity index (χ1n) is 5.03. The van der Waals surface area contributed by atoms with Crippen molar-refractivity contribution in [3.8, 4) is 5.75 Å². The Kier molecular flexibility index (Phi) is 4.31. The molecule has 0 aliphatic rings. The number of rotatable bonds is 5. The van der Waals surface area contributed by atoms with Crippen LogP contribution in [-0.4, -0.2) is 18.1 Å². The van der Waals surface area contributed by atoms with Crippen LogP contribution in [0.1, 0.15) is 18.3 Å². The average molecular weight is 206 g/mol. The molecule has 0 fully saturated rings. The van der Waals surface area contributed by atoms with Crippen molar-refractivity contribution in [1.82, 2.24) is 10.3 Å². The lowest BCUT2D eigenvalue weighted by atomic mass is 10.2. The third kappa shape index (κ3) is 3.72. The van der Waals surface area contributed by atoms with Crippen molar-refractivity contribution in [2.45, 2.75) is 26.4 Å². The van der Waals surface area contributed by atoms with E-state index in [0.717, 1.165) is 23.7 Å². The molecule has 0 aliphatic carbocycles. The summed E-state index contributed by atoms with van der Waals surface area (Å²) in [5, 5.41) is 3.29. The van der Waals surface area contributed by atoms with E-state index in [2.05, 4.69) is 23.8 Å². The Balaban J connectivity index is 2.68. The predicted molar refractivity (Wildman–Crippen MR) is 62.0 cm³/mol. The summed E-state index contributed by atoms with van der Waals surface area (Å²) >= 11 is 0. The highest BCUT2D eigenvalue weighted by atomic mass is 16.5. The first-order valence-corrected chi connectivity index (χ1v) is 5.03. The van der Waals surface area contributed by atoms with Crippen LogP contribution in [0.3, 0.4) is 0 Å². The highest BCUT2D eigenvalue weighted by Gasteiger charge is 2.01. The van der Waals surface area contributed by atoms with E-state index in [4.69, 9.17) is 4.74 Å². The van der Waals surface area contributed by atoms with Crippen LogP contribution >= 0.6 is 0 Å². The molecule has 1 heterocycles. The van der Waals surface area contributed by atoms with E-state index in [1.807, 2.05) is 25.1 Å². The summed E-state index contributed by atoms with van der Waals surface area (Å²) in [6, 6.07) is 4.15. The molecule has 0 aromatic carbocycles. The molecule has 1 rings (SSSR count). The minimum Gasteiger partial charge on any atom is -0.497 e. The van der Waals surface area contributed by atoms with Gasteiger partial charge in [-0.1, -0.05) is 6.08 Å². The van der Waals surface area contributed by atoms with Gasteiger partial charge in [0.25, 0.3) is 0 Å². The topological polar surface area (TPSA) is 34.1 Å². The Hall–Kier alpha value is -1.35. The first kappa shape index (κ1) is 11.7. The largest absolute Gasteiger partial charge is 0.497 e. The average Bonchev–Trinajstić information content (AvgIpc) is 2.25. The van der Waals surface area contributed by atoms with Gasteiger partial charge in [-0.3, -0.25) is 4.98 Å². The predicted octanol–water partition coefficient (Wildman–Crippen LogP) is 2.06. The summed E-state index contributed by atoms with van der Waals surface area (Å²) in [5.41, 5.74) is 1.96. The Morgan fingerprint density at radius 1 is 1.60 bits per heavy atom. The zero-order valence-corrected chi connectivity index (χ0v) is 9.58. The molecular weight excluding hydrogens is 188 g/mol. The van der Waals surface area contributed by atoms with Gasteiger partial charge in [0.15, 0.2) is 0 Å². The summed E-state index contributed by atoms with van der Waals surface area (Å²) in [7, 11) is 1.67. The van der Waals surface area contributed by atoms with Crippen molar-refractivity contribution < 1.29 is 4.74 Å². The molecule has 3 heteroatoms. The second-order valence-electron chi connectivity index (χ2n) is 3.54. The number of aromatic nitrogens is 1. The third-order valence-electron chi connectivity index (χ3n) is 2.17. The van der Waals surface area contributed by atoms with E-state index in [9.17, 15) is 0 Å². The summed E-state index contributed by atoms with van der Waals surface area (Å²) in [6.45, 7) is 8.46. The highest BCUT2D eigenvalue weighted by molar-refractivity contribution is 5.26. The fourth-order valence-corrected chi connectivity index (χ4v) is 1.26. The summed E-state index contributed by atoms with van der Waals surface area (Å²) in [6.07, 6.45) is 1.87. The van der Waals surface area contributed by atoms with Gasteiger partial charge in [-0.25, -0.2) is 0 Å². The third-order valence-corrected chi connectivity index (χ3v) is 2.17. The fraction of sp³-hybridized carbons (Fsp3) is 0.417. The Labute approximate surface area is 91.2 Å². The van der Waals surface area contributed by atoms with Crippen molar-refractivity contribution in [3.05, 3.63) is 36.2 Å². The second-order valence-corrected chi connectivity index (χ2v) is 3.54. The van der Waals surface area contributed by atoms with E-state index in [0.29, 0.717) is 6.04 Å². The first-order chi connectivity index (χ1) is 7.15. The van der Waals surface area contributed by atoms with Crippen molar-refractivity contribution in [2.75, 3.05) is 7.11 Å². The molecule has 0 spiro atoms. The van der Waals surface area contributed by atoms with Crippen LogP contribution in [0.4, 0.5) is 0 Å². The van der Waals surface area contributed by atoms with Gasteiger partial charge in [-0.2, -0.15) is 0 Å². The molecule has 1 aromatic rings. The summed E-state index contributed by atoms with van der Waals surface area (Å²) < 4.78 is 5.18. The van der Waals surface area contributed by atoms with Gasteiger partial charge in [0, 0.05) is 30.4 Å². The van der Waals surface area contributed by atoms with Gasteiger partial charge in [0.05, 0.1) is 12.8 Å². The number of ether oxygens (including phenoxy) is 1. The SMILES string of the molecule is C=CC(C)NCc1cc(OC)cc(C)n1. The Morgan fingerprint density at radius 3 is 2.93 bits per heavy atom. The molecular formula is C12H18N2O. The van der Waals surface area contributed by atoms with Crippen molar-refractivity contribution in [2.24, 2.45) is 0 Å². The lowest BCUT2D eigenvalue weighted by Crippen LogP contribution is -2.23. The summed E-state index contributed by atoms with van der Waals surface area (Å²) in [5.74, 6) is 0.852. The van der Waals surface area contributed by atoms with E-state index in [1.54, 1.807) is 7.11 Å². The maximum absolute atomic E-state index is 5.18. The Morgan fingerprint density at radius 2 is 2.33 bits per heavy atom. The molecule has 1 N–H and O–H groups in total. The van der Waals surface area contributed by atoms with Crippen molar-refractivity contribution in [1.29, 1.82) is 0 Å². The number of hydrogen-bond donors (Lipinski definition) is 1. The normalized spacial score (nSPS) is 12.2. The van der Waals surface area contributed by atoms with Gasteiger partial charge in [0.2, 0.25) is 0 Å². The monoisotopic (exact) mass is 206 g/mol.